The van der Waals surface area contributed by atoms with Crippen molar-refractivity contribution >= 4 is 12.0 Å². The van der Waals surface area contributed by atoms with Crippen molar-refractivity contribution in [1.82, 2.24) is 10.6 Å². The molecular weight excluding hydrogens is 236 g/mol. The number of carboxylic acid groups (broad SMARTS) is 1. The molecule has 18 heavy (non-hydrogen) atoms. The monoisotopic (exact) mass is 260 g/mol. The van der Waals surface area contributed by atoms with E-state index in [1.54, 1.807) is 0 Å². The molecular formula is C12H24N2O4. The molecule has 0 saturated carbocycles. The van der Waals surface area contributed by atoms with Crippen LogP contribution in [-0.2, 0) is 9.53 Å². The zero-order chi connectivity index (χ0) is 14.2. The van der Waals surface area contributed by atoms with Crippen LogP contribution in [0.4, 0.5) is 4.79 Å². The third-order valence-corrected chi connectivity index (χ3v) is 3.19. The summed E-state index contributed by atoms with van der Waals surface area (Å²) < 4.78 is 4.81. The van der Waals surface area contributed by atoms with Crippen LogP contribution >= 0.6 is 0 Å². The summed E-state index contributed by atoms with van der Waals surface area (Å²) in [6.07, 6.45) is 1.81. The number of carbonyl (C=O) groups is 2. The molecule has 3 N–H and O–H groups in total. The molecule has 0 aromatic carbocycles. The van der Waals surface area contributed by atoms with Crippen molar-refractivity contribution in [2.24, 2.45) is 0 Å². The number of nitrogens with one attached hydrogen (secondary N) is 2. The number of urea groups is 1. The maximum Gasteiger partial charge on any atom is 0.326 e. The van der Waals surface area contributed by atoms with Gasteiger partial charge in [-0.2, -0.15) is 0 Å². The minimum absolute atomic E-state index is 0.244. The van der Waals surface area contributed by atoms with E-state index in [2.05, 4.69) is 10.6 Å². The van der Waals surface area contributed by atoms with Crippen LogP contribution in [0.25, 0.3) is 0 Å². The summed E-state index contributed by atoms with van der Waals surface area (Å²) in [5.41, 5.74) is -0.311. The first-order valence-electron chi connectivity index (χ1n) is 6.19. The molecule has 0 radical (unpaired) electrons. The highest BCUT2D eigenvalue weighted by Crippen LogP contribution is 2.13. The molecule has 0 aromatic heterocycles. The first-order chi connectivity index (χ1) is 8.38. The molecule has 0 aliphatic heterocycles. The normalized spacial score (nSPS) is 12.9. The molecule has 0 aliphatic carbocycles. The fourth-order valence-corrected chi connectivity index (χ4v) is 1.39. The summed E-state index contributed by atoms with van der Waals surface area (Å²) in [5, 5.41) is 14.2. The molecule has 0 fully saturated rings. The van der Waals surface area contributed by atoms with E-state index in [4.69, 9.17) is 9.84 Å². The highest BCUT2D eigenvalue weighted by atomic mass is 16.5. The van der Waals surface area contributed by atoms with E-state index in [1.165, 1.54) is 7.11 Å². The van der Waals surface area contributed by atoms with E-state index in [9.17, 15) is 9.59 Å². The number of amides is 2. The van der Waals surface area contributed by atoms with Crippen molar-refractivity contribution in [3.63, 3.8) is 0 Å². The summed E-state index contributed by atoms with van der Waals surface area (Å²) in [7, 11) is 1.49. The molecule has 0 heterocycles. The van der Waals surface area contributed by atoms with Gasteiger partial charge in [-0.15, -0.1) is 0 Å². The van der Waals surface area contributed by atoms with Crippen LogP contribution < -0.4 is 10.6 Å². The molecule has 1 atom stereocenters. The molecule has 2 amide bonds. The summed E-state index contributed by atoms with van der Waals surface area (Å²) in [6.45, 7) is 6.17. The van der Waals surface area contributed by atoms with Gasteiger partial charge in [0.1, 0.15) is 6.04 Å². The number of hydrogen-bond donors (Lipinski definition) is 3. The Balaban J connectivity index is 4.37. The van der Waals surface area contributed by atoms with Crippen LogP contribution in [0.1, 0.15) is 40.0 Å². The van der Waals surface area contributed by atoms with Crippen molar-refractivity contribution in [2.45, 2.75) is 51.6 Å². The maximum atomic E-state index is 11.7. The fraction of sp³-hybridized carbons (Fsp3) is 0.833. The van der Waals surface area contributed by atoms with Crippen LogP contribution in [0, 0.1) is 0 Å². The zero-order valence-electron chi connectivity index (χ0n) is 11.6. The van der Waals surface area contributed by atoms with Gasteiger partial charge in [-0.05, 0) is 19.8 Å². The molecule has 106 valence electrons. The van der Waals surface area contributed by atoms with E-state index >= 15 is 0 Å². The van der Waals surface area contributed by atoms with E-state index in [1.807, 2.05) is 20.8 Å². The summed E-state index contributed by atoms with van der Waals surface area (Å²) in [5.74, 6) is -1.06. The number of methoxy groups -OCH3 is 1. The van der Waals surface area contributed by atoms with Crippen LogP contribution in [0.5, 0.6) is 0 Å². The highest BCUT2D eigenvalue weighted by Gasteiger charge is 2.25. The lowest BCUT2D eigenvalue weighted by Crippen LogP contribution is -2.53. The molecule has 1 unspecified atom stereocenters. The largest absolute Gasteiger partial charge is 0.480 e. The lowest BCUT2D eigenvalue weighted by molar-refractivity contribution is -0.139. The first-order valence-corrected chi connectivity index (χ1v) is 6.19. The Morgan fingerprint density at radius 2 is 1.89 bits per heavy atom. The Morgan fingerprint density at radius 3 is 2.28 bits per heavy atom. The van der Waals surface area contributed by atoms with Crippen molar-refractivity contribution in [2.75, 3.05) is 13.7 Å². The lowest BCUT2D eigenvalue weighted by Gasteiger charge is -2.29. The number of hydrogen-bond acceptors (Lipinski definition) is 3. The number of carboxylic acids is 1. The summed E-state index contributed by atoms with van der Waals surface area (Å²) in [6, 6.07) is -1.38. The average molecular weight is 260 g/mol. The van der Waals surface area contributed by atoms with Crippen LogP contribution in [-0.4, -0.2) is 42.4 Å². The van der Waals surface area contributed by atoms with Gasteiger partial charge in [0.25, 0.3) is 0 Å². The van der Waals surface area contributed by atoms with Gasteiger partial charge in [-0.3, -0.25) is 0 Å². The number of carbonyl (C=O) groups excluding carboxylic acids is 1. The quantitative estimate of drug-likeness (QED) is 0.615. The van der Waals surface area contributed by atoms with E-state index in [0.717, 1.165) is 12.8 Å². The SMILES string of the molecule is CCC(C)(CC)NC(=O)NC(CCOC)C(=O)O. The maximum absolute atomic E-state index is 11.7. The predicted octanol–water partition coefficient (Wildman–Crippen LogP) is 1.35. The molecule has 0 aliphatic rings. The third-order valence-electron chi connectivity index (χ3n) is 3.19. The second-order valence-corrected chi connectivity index (χ2v) is 4.54. The van der Waals surface area contributed by atoms with Gasteiger partial charge in [0, 0.05) is 25.7 Å². The molecule has 0 saturated heterocycles. The Kier molecular flexibility index (Phi) is 7.35. The van der Waals surface area contributed by atoms with Gasteiger partial charge in [-0.1, -0.05) is 13.8 Å². The fourth-order valence-electron chi connectivity index (χ4n) is 1.39. The summed E-state index contributed by atoms with van der Waals surface area (Å²) >= 11 is 0. The Morgan fingerprint density at radius 1 is 1.33 bits per heavy atom. The predicted molar refractivity (Wildman–Crippen MR) is 68.6 cm³/mol. The molecule has 6 nitrogen and oxygen atoms in total. The van der Waals surface area contributed by atoms with Crippen molar-refractivity contribution in [3.8, 4) is 0 Å². The standard InChI is InChI=1S/C12H24N2O4/c1-5-12(3,6-2)14-11(17)13-9(10(15)16)7-8-18-4/h9H,5-8H2,1-4H3,(H,15,16)(H2,13,14,17). The number of aliphatic carboxylic acids is 1. The minimum Gasteiger partial charge on any atom is -0.480 e. The molecule has 6 heteroatoms. The van der Waals surface area contributed by atoms with Gasteiger partial charge >= 0.3 is 12.0 Å². The van der Waals surface area contributed by atoms with Gasteiger partial charge in [-0.25, -0.2) is 9.59 Å². The Bertz CT molecular complexity index is 277. The van der Waals surface area contributed by atoms with E-state index in [-0.39, 0.29) is 18.6 Å². The Labute approximate surface area is 108 Å². The van der Waals surface area contributed by atoms with Gasteiger partial charge < -0.3 is 20.5 Å². The topological polar surface area (TPSA) is 87.7 Å². The summed E-state index contributed by atoms with van der Waals surface area (Å²) in [4.78, 5) is 22.7. The van der Waals surface area contributed by atoms with Crippen molar-refractivity contribution in [1.29, 1.82) is 0 Å². The number of ether oxygens (including phenoxy) is 1. The minimum atomic E-state index is -1.06. The van der Waals surface area contributed by atoms with Gasteiger partial charge in [0.2, 0.25) is 0 Å². The van der Waals surface area contributed by atoms with Crippen LogP contribution in [0.15, 0.2) is 0 Å². The third kappa shape index (κ3) is 5.86. The lowest BCUT2D eigenvalue weighted by atomic mass is 9.96. The van der Waals surface area contributed by atoms with Gasteiger partial charge in [0.05, 0.1) is 0 Å². The Hall–Kier alpha value is -1.30. The van der Waals surface area contributed by atoms with E-state index < -0.39 is 18.0 Å². The van der Waals surface area contributed by atoms with Gasteiger partial charge in [0.15, 0.2) is 0 Å². The molecule has 0 spiro atoms. The number of rotatable bonds is 8. The highest BCUT2D eigenvalue weighted by molar-refractivity contribution is 5.82. The van der Waals surface area contributed by atoms with Crippen LogP contribution in [0.3, 0.4) is 0 Å². The van der Waals surface area contributed by atoms with E-state index in [0.29, 0.717) is 0 Å². The molecule has 0 bridgehead atoms. The average Bonchev–Trinajstić information content (AvgIpc) is 2.33. The van der Waals surface area contributed by atoms with Crippen molar-refractivity contribution in [3.05, 3.63) is 0 Å². The first kappa shape index (κ1) is 16.7. The zero-order valence-corrected chi connectivity index (χ0v) is 11.6. The second-order valence-electron chi connectivity index (χ2n) is 4.54. The second kappa shape index (κ2) is 7.92. The molecule has 0 rings (SSSR count). The van der Waals surface area contributed by atoms with Crippen LogP contribution in [0.2, 0.25) is 0 Å². The molecule has 0 aromatic rings. The smallest absolute Gasteiger partial charge is 0.326 e. The van der Waals surface area contributed by atoms with Crippen molar-refractivity contribution < 1.29 is 19.4 Å².